The smallest absolute Gasteiger partial charge is 0.238 e. The molecule has 5 rings (SSSR count). The van der Waals surface area contributed by atoms with Gasteiger partial charge in [0.15, 0.2) is 0 Å². The van der Waals surface area contributed by atoms with Crippen LogP contribution in [0.1, 0.15) is 25.3 Å². The number of nitrogens with one attached hydrogen (secondary N) is 1. The van der Waals surface area contributed by atoms with Crippen LogP contribution >= 0.6 is 0 Å². The highest BCUT2D eigenvalue weighted by atomic mass is 16.3. The molecule has 1 aliphatic rings. The number of hydrogen-bond donors (Lipinski definition) is 2. The minimum Gasteiger partial charge on any atom is -0.385 e. The summed E-state index contributed by atoms with van der Waals surface area (Å²) in [7, 11) is 0. The molecule has 2 heterocycles. The zero-order valence-electron chi connectivity index (χ0n) is 18.4. The Labute approximate surface area is 188 Å². The maximum Gasteiger partial charge on any atom is 0.238 e. The van der Waals surface area contributed by atoms with E-state index in [1.54, 1.807) is 0 Å². The lowest BCUT2D eigenvalue weighted by Crippen LogP contribution is -2.45. The number of hydrogen-bond acceptors (Lipinski definition) is 3. The highest BCUT2D eigenvalue weighted by Crippen LogP contribution is 2.33. The lowest BCUT2D eigenvalue weighted by atomic mass is 9.84. The molecular weight excluding hydrogens is 398 g/mol. The van der Waals surface area contributed by atoms with E-state index in [1.165, 1.54) is 16.4 Å². The molecule has 1 saturated heterocycles. The zero-order chi connectivity index (χ0) is 22.1. The Hall–Kier alpha value is -3.15. The number of anilines is 1. The van der Waals surface area contributed by atoms with Crippen molar-refractivity contribution in [1.29, 1.82) is 0 Å². The van der Waals surface area contributed by atoms with Gasteiger partial charge in [0.25, 0.3) is 0 Å². The van der Waals surface area contributed by atoms with E-state index in [1.807, 2.05) is 36.4 Å². The number of benzene rings is 3. The number of rotatable bonds is 5. The van der Waals surface area contributed by atoms with Gasteiger partial charge in [-0.3, -0.25) is 9.69 Å². The van der Waals surface area contributed by atoms with E-state index < -0.39 is 5.60 Å². The molecule has 0 saturated carbocycles. The van der Waals surface area contributed by atoms with Crippen LogP contribution in [-0.2, 0) is 16.9 Å². The van der Waals surface area contributed by atoms with Crippen molar-refractivity contribution in [3.05, 3.63) is 78.4 Å². The van der Waals surface area contributed by atoms with E-state index in [-0.39, 0.29) is 5.91 Å². The molecule has 0 unspecified atom stereocenters. The number of carbonyl (C=O) groups excluding carboxylic acids is 1. The van der Waals surface area contributed by atoms with Gasteiger partial charge in [0, 0.05) is 47.1 Å². The zero-order valence-corrected chi connectivity index (χ0v) is 18.4. The molecule has 1 fully saturated rings. The number of carbonyl (C=O) groups is 1. The van der Waals surface area contributed by atoms with Crippen LogP contribution in [0.15, 0.2) is 72.8 Å². The average molecular weight is 428 g/mol. The summed E-state index contributed by atoms with van der Waals surface area (Å²) in [5.74, 6) is -0.0197. The predicted molar refractivity (Wildman–Crippen MR) is 130 cm³/mol. The number of aliphatic hydroxyl groups is 1. The molecule has 0 spiro atoms. The van der Waals surface area contributed by atoms with Gasteiger partial charge < -0.3 is 15.0 Å². The van der Waals surface area contributed by atoms with Crippen molar-refractivity contribution in [2.45, 2.75) is 31.9 Å². The molecule has 0 bridgehead atoms. The molecule has 1 aromatic heterocycles. The van der Waals surface area contributed by atoms with Gasteiger partial charge in [-0.05, 0) is 49.6 Å². The summed E-state index contributed by atoms with van der Waals surface area (Å²) in [5.41, 5.74) is 3.38. The van der Waals surface area contributed by atoms with Crippen molar-refractivity contribution in [3.8, 4) is 0 Å². The van der Waals surface area contributed by atoms with Crippen molar-refractivity contribution in [2.75, 3.05) is 25.0 Å². The number of para-hydroxylation sites is 1. The molecule has 5 heteroatoms. The van der Waals surface area contributed by atoms with Gasteiger partial charge >= 0.3 is 0 Å². The molecule has 3 aromatic carbocycles. The third kappa shape index (κ3) is 3.78. The molecule has 0 radical (unpaired) electrons. The Morgan fingerprint density at radius 3 is 2.38 bits per heavy atom. The van der Waals surface area contributed by atoms with Crippen LogP contribution in [0.4, 0.5) is 5.69 Å². The van der Waals surface area contributed by atoms with Crippen LogP contribution in [-0.4, -0.2) is 40.1 Å². The van der Waals surface area contributed by atoms with Crippen molar-refractivity contribution in [2.24, 2.45) is 0 Å². The fraction of sp³-hybridized carbons (Fsp3) is 0.296. The topological polar surface area (TPSA) is 57.5 Å². The summed E-state index contributed by atoms with van der Waals surface area (Å²) < 4.78 is 2.30. The average Bonchev–Trinajstić information content (AvgIpc) is 3.14. The van der Waals surface area contributed by atoms with Gasteiger partial charge in [0.1, 0.15) is 0 Å². The van der Waals surface area contributed by atoms with Crippen molar-refractivity contribution in [3.63, 3.8) is 0 Å². The first-order valence-corrected chi connectivity index (χ1v) is 11.4. The van der Waals surface area contributed by atoms with Gasteiger partial charge in [-0.2, -0.15) is 0 Å². The first kappa shape index (κ1) is 20.7. The van der Waals surface area contributed by atoms with Gasteiger partial charge in [-0.1, -0.05) is 48.5 Å². The second-order valence-electron chi connectivity index (χ2n) is 8.72. The second kappa shape index (κ2) is 8.41. The first-order valence-electron chi connectivity index (χ1n) is 11.4. The minimum absolute atomic E-state index is 0.0197. The number of aryl methyl sites for hydroxylation is 1. The first-order chi connectivity index (χ1) is 15.6. The monoisotopic (exact) mass is 427 g/mol. The quantitative estimate of drug-likeness (QED) is 0.484. The van der Waals surface area contributed by atoms with E-state index in [2.05, 4.69) is 58.1 Å². The van der Waals surface area contributed by atoms with Gasteiger partial charge in [0.05, 0.1) is 12.1 Å². The summed E-state index contributed by atoms with van der Waals surface area (Å²) in [6, 6.07) is 24.4. The van der Waals surface area contributed by atoms with Crippen LogP contribution in [0.25, 0.3) is 21.8 Å². The second-order valence-corrected chi connectivity index (χ2v) is 8.72. The summed E-state index contributed by atoms with van der Waals surface area (Å²) in [4.78, 5) is 14.9. The van der Waals surface area contributed by atoms with Crippen LogP contribution in [0.5, 0.6) is 0 Å². The Bertz CT molecular complexity index is 1250. The number of nitrogens with zero attached hydrogens (tertiary/aromatic N) is 2. The molecule has 1 amide bonds. The Kier molecular flexibility index (Phi) is 5.45. The standard InChI is InChI=1S/C27H29N3O2/c1-2-30-24-11-7-6-10-22(24)23-18-21(12-13-25(23)30)28-26(31)19-29-16-14-27(32,15-17-29)20-8-4-3-5-9-20/h3-13,18,32H,2,14-17,19H2,1H3,(H,28,31). The van der Waals surface area contributed by atoms with E-state index in [0.29, 0.717) is 32.5 Å². The summed E-state index contributed by atoms with van der Waals surface area (Å²) in [6.45, 7) is 4.78. The fourth-order valence-corrected chi connectivity index (χ4v) is 4.99. The summed E-state index contributed by atoms with van der Waals surface area (Å²) in [6.07, 6.45) is 1.26. The van der Waals surface area contributed by atoms with Crippen LogP contribution < -0.4 is 5.32 Å². The number of fused-ring (bicyclic) bond motifs is 3. The van der Waals surface area contributed by atoms with Crippen LogP contribution in [0.3, 0.4) is 0 Å². The third-order valence-electron chi connectivity index (χ3n) is 6.73. The number of piperidine rings is 1. The molecule has 32 heavy (non-hydrogen) atoms. The highest BCUT2D eigenvalue weighted by molar-refractivity contribution is 6.09. The lowest BCUT2D eigenvalue weighted by molar-refractivity contribution is -0.118. The molecule has 0 atom stereocenters. The summed E-state index contributed by atoms with van der Waals surface area (Å²) >= 11 is 0. The Morgan fingerprint density at radius 2 is 1.62 bits per heavy atom. The van der Waals surface area contributed by atoms with Gasteiger partial charge in [-0.15, -0.1) is 0 Å². The van der Waals surface area contributed by atoms with Crippen molar-refractivity contribution >= 4 is 33.4 Å². The molecule has 1 aliphatic heterocycles. The van der Waals surface area contributed by atoms with Gasteiger partial charge in [0.2, 0.25) is 5.91 Å². The third-order valence-corrected chi connectivity index (χ3v) is 6.73. The highest BCUT2D eigenvalue weighted by Gasteiger charge is 2.34. The Balaban J connectivity index is 1.26. The van der Waals surface area contributed by atoms with Crippen molar-refractivity contribution < 1.29 is 9.90 Å². The van der Waals surface area contributed by atoms with Crippen LogP contribution in [0, 0.1) is 0 Å². The molecule has 5 nitrogen and oxygen atoms in total. The van der Waals surface area contributed by atoms with Crippen molar-refractivity contribution in [1.82, 2.24) is 9.47 Å². The molecule has 4 aromatic rings. The molecule has 2 N–H and O–H groups in total. The SMILES string of the molecule is CCn1c2ccccc2c2cc(NC(=O)CN3CCC(O)(c4ccccc4)CC3)ccc21. The lowest BCUT2D eigenvalue weighted by Gasteiger charge is -2.38. The van der Waals surface area contributed by atoms with Crippen LogP contribution in [0.2, 0.25) is 0 Å². The van der Waals surface area contributed by atoms with E-state index in [0.717, 1.165) is 23.2 Å². The maximum absolute atomic E-state index is 12.8. The Morgan fingerprint density at radius 1 is 0.938 bits per heavy atom. The van der Waals surface area contributed by atoms with E-state index in [9.17, 15) is 9.90 Å². The van der Waals surface area contributed by atoms with E-state index in [4.69, 9.17) is 0 Å². The molecule has 0 aliphatic carbocycles. The predicted octanol–water partition coefficient (Wildman–Crippen LogP) is 4.74. The fourth-order valence-electron chi connectivity index (χ4n) is 4.99. The normalized spacial score (nSPS) is 16.4. The largest absolute Gasteiger partial charge is 0.385 e. The summed E-state index contributed by atoms with van der Waals surface area (Å²) in [5, 5.41) is 16.4. The molecule has 164 valence electrons. The molecular formula is C27H29N3O2. The van der Waals surface area contributed by atoms with Gasteiger partial charge in [-0.25, -0.2) is 0 Å². The minimum atomic E-state index is -0.799. The maximum atomic E-state index is 12.8. The number of amides is 1. The number of aromatic nitrogens is 1. The number of likely N-dealkylation sites (tertiary alicyclic amines) is 1. The van der Waals surface area contributed by atoms with E-state index >= 15 is 0 Å².